The maximum Gasteiger partial charge on any atom is 0.294 e. The van der Waals surface area contributed by atoms with Crippen molar-refractivity contribution in [3.8, 4) is 23.0 Å². The SMILES string of the molecule is COc1cc(N=Nc2cc(OC)c(N=Nc3ccc(S(=O)(=O)O)cc3)cc2OC)c(OC)cc1N. The second-order valence-electron chi connectivity index (χ2n) is 6.83. The summed E-state index contributed by atoms with van der Waals surface area (Å²) < 4.78 is 52.8. The Balaban J connectivity index is 1.95. The lowest BCUT2D eigenvalue weighted by atomic mass is 10.2. The van der Waals surface area contributed by atoms with E-state index >= 15 is 0 Å². The standard InChI is InChI=1S/C22H23N5O7S/c1-31-19-10-16(20(32-2)9-15(19)23)26-27-18-12-21(33-3)17(11-22(18)34-4)25-24-13-5-7-14(8-6-13)35(28,29)30/h5-12H,23H2,1-4H3,(H,28,29,30). The molecule has 0 unspecified atom stereocenters. The fourth-order valence-corrected chi connectivity index (χ4v) is 3.39. The largest absolute Gasteiger partial charge is 0.495 e. The molecule has 3 N–H and O–H groups in total. The van der Waals surface area contributed by atoms with E-state index in [1.807, 2.05) is 0 Å². The predicted octanol–water partition coefficient (Wildman–Crippen LogP) is 5.38. The molecule has 0 amide bonds. The van der Waals surface area contributed by atoms with Gasteiger partial charge in [0.1, 0.15) is 40.1 Å². The van der Waals surface area contributed by atoms with Crippen molar-refractivity contribution in [2.75, 3.05) is 34.2 Å². The van der Waals surface area contributed by atoms with E-state index in [0.29, 0.717) is 51.4 Å². The molecule has 0 spiro atoms. The van der Waals surface area contributed by atoms with E-state index in [1.54, 1.807) is 24.3 Å². The Labute approximate surface area is 201 Å². The van der Waals surface area contributed by atoms with Crippen LogP contribution in [-0.2, 0) is 10.1 Å². The van der Waals surface area contributed by atoms with Crippen LogP contribution in [0.4, 0.5) is 28.4 Å². The molecule has 0 heterocycles. The zero-order valence-electron chi connectivity index (χ0n) is 19.3. The van der Waals surface area contributed by atoms with Gasteiger partial charge in [0.2, 0.25) is 0 Å². The Hall–Kier alpha value is -4.23. The second-order valence-corrected chi connectivity index (χ2v) is 8.25. The first-order valence-corrected chi connectivity index (χ1v) is 11.3. The van der Waals surface area contributed by atoms with Gasteiger partial charge < -0.3 is 24.7 Å². The van der Waals surface area contributed by atoms with Gasteiger partial charge in [-0.05, 0) is 24.3 Å². The average molecular weight is 502 g/mol. The molecule has 0 fully saturated rings. The highest BCUT2D eigenvalue weighted by Gasteiger charge is 2.14. The van der Waals surface area contributed by atoms with Crippen molar-refractivity contribution >= 4 is 38.6 Å². The molecular weight excluding hydrogens is 478 g/mol. The van der Waals surface area contributed by atoms with Crippen molar-refractivity contribution in [1.82, 2.24) is 0 Å². The summed E-state index contributed by atoms with van der Waals surface area (Å²) in [7, 11) is 1.59. The summed E-state index contributed by atoms with van der Waals surface area (Å²) in [6.07, 6.45) is 0. The van der Waals surface area contributed by atoms with Crippen LogP contribution in [0.3, 0.4) is 0 Å². The number of rotatable bonds is 9. The first kappa shape index (κ1) is 25.4. The van der Waals surface area contributed by atoms with E-state index in [9.17, 15) is 8.42 Å². The minimum atomic E-state index is -4.30. The molecule has 3 aromatic carbocycles. The van der Waals surface area contributed by atoms with Crippen LogP contribution in [0.25, 0.3) is 0 Å². The highest BCUT2D eigenvalue weighted by Crippen LogP contribution is 2.42. The number of hydrogen-bond donors (Lipinski definition) is 2. The van der Waals surface area contributed by atoms with Crippen LogP contribution >= 0.6 is 0 Å². The molecule has 0 bridgehead atoms. The van der Waals surface area contributed by atoms with Gasteiger partial charge in [0, 0.05) is 24.3 Å². The minimum absolute atomic E-state index is 0.249. The summed E-state index contributed by atoms with van der Waals surface area (Å²) in [5.74, 6) is 1.50. The summed E-state index contributed by atoms with van der Waals surface area (Å²) in [6, 6.07) is 11.5. The van der Waals surface area contributed by atoms with Crippen molar-refractivity contribution in [3.05, 3.63) is 48.5 Å². The molecule has 35 heavy (non-hydrogen) atoms. The van der Waals surface area contributed by atoms with Gasteiger partial charge in [-0.2, -0.15) is 13.5 Å². The molecule has 3 aromatic rings. The molecule has 0 saturated heterocycles. The van der Waals surface area contributed by atoms with Gasteiger partial charge in [0.15, 0.2) is 0 Å². The van der Waals surface area contributed by atoms with Crippen LogP contribution in [0.2, 0.25) is 0 Å². The van der Waals surface area contributed by atoms with E-state index < -0.39 is 10.1 Å². The lowest BCUT2D eigenvalue weighted by molar-refractivity contribution is 0.404. The van der Waals surface area contributed by atoms with Crippen LogP contribution in [0.1, 0.15) is 0 Å². The summed E-state index contributed by atoms with van der Waals surface area (Å²) in [5.41, 5.74) is 7.72. The highest BCUT2D eigenvalue weighted by atomic mass is 32.2. The van der Waals surface area contributed by atoms with E-state index in [0.717, 1.165) is 0 Å². The maximum atomic E-state index is 11.2. The summed E-state index contributed by atoms with van der Waals surface area (Å²) >= 11 is 0. The average Bonchev–Trinajstić information content (AvgIpc) is 2.85. The van der Waals surface area contributed by atoms with Crippen LogP contribution in [0.15, 0.2) is 73.9 Å². The third-order valence-corrected chi connectivity index (χ3v) is 5.55. The lowest BCUT2D eigenvalue weighted by Crippen LogP contribution is -1.96. The molecule has 0 radical (unpaired) electrons. The summed E-state index contributed by atoms with van der Waals surface area (Å²) in [4.78, 5) is -0.249. The van der Waals surface area contributed by atoms with E-state index in [-0.39, 0.29) is 4.90 Å². The Kier molecular flexibility index (Phi) is 7.83. The van der Waals surface area contributed by atoms with Crippen molar-refractivity contribution in [2.45, 2.75) is 4.90 Å². The topological polar surface area (TPSA) is 167 Å². The number of nitrogen functional groups attached to an aromatic ring is 1. The molecule has 0 aromatic heterocycles. The smallest absolute Gasteiger partial charge is 0.294 e. The number of azo groups is 2. The van der Waals surface area contributed by atoms with Crippen LogP contribution in [0.5, 0.6) is 23.0 Å². The molecule has 0 aliphatic rings. The number of nitrogens with two attached hydrogens (primary N) is 1. The van der Waals surface area contributed by atoms with Crippen molar-refractivity contribution < 1.29 is 31.9 Å². The zero-order chi connectivity index (χ0) is 25.6. The molecule has 12 nitrogen and oxygen atoms in total. The van der Waals surface area contributed by atoms with Gasteiger partial charge in [0.05, 0.1) is 44.7 Å². The van der Waals surface area contributed by atoms with Crippen molar-refractivity contribution in [3.63, 3.8) is 0 Å². The monoisotopic (exact) mass is 501 g/mol. The quantitative estimate of drug-likeness (QED) is 0.224. The summed E-state index contributed by atoms with van der Waals surface area (Å²) in [6.45, 7) is 0. The Morgan fingerprint density at radius 1 is 0.657 bits per heavy atom. The predicted molar refractivity (Wildman–Crippen MR) is 128 cm³/mol. The molecule has 0 atom stereocenters. The zero-order valence-corrected chi connectivity index (χ0v) is 20.1. The van der Waals surface area contributed by atoms with Gasteiger partial charge in [-0.1, -0.05) is 0 Å². The van der Waals surface area contributed by atoms with Crippen molar-refractivity contribution in [2.24, 2.45) is 20.5 Å². The molecule has 0 aliphatic carbocycles. The van der Waals surface area contributed by atoms with Gasteiger partial charge >= 0.3 is 0 Å². The minimum Gasteiger partial charge on any atom is -0.495 e. The first-order chi connectivity index (χ1) is 16.7. The van der Waals surface area contributed by atoms with E-state index in [4.69, 9.17) is 29.2 Å². The first-order valence-electron chi connectivity index (χ1n) is 9.88. The Morgan fingerprint density at radius 3 is 1.49 bits per heavy atom. The number of hydrogen-bond acceptors (Lipinski definition) is 11. The number of methoxy groups -OCH3 is 4. The van der Waals surface area contributed by atoms with Gasteiger partial charge in [0.25, 0.3) is 10.1 Å². The number of nitrogens with zero attached hydrogens (tertiary/aromatic N) is 4. The van der Waals surface area contributed by atoms with E-state index in [1.165, 1.54) is 52.7 Å². The van der Waals surface area contributed by atoms with Gasteiger partial charge in [-0.15, -0.1) is 15.3 Å². The molecular formula is C22H23N5O7S. The third kappa shape index (κ3) is 6.02. The number of anilines is 1. The molecule has 13 heteroatoms. The van der Waals surface area contributed by atoms with Crippen LogP contribution in [-0.4, -0.2) is 41.4 Å². The van der Waals surface area contributed by atoms with Crippen LogP contribution in [0, 0.1) is 0 Å². The maximum absolute atomic E-state index is 11.2. The fourth-order valence-electron chi connectivity index (χ4n) is 2.91. The van der Waals surface area contributed by atoms with Gasteiger partial charge in [-0.25, -0.2) is 0 Å². The second kappa shape index (κ2) is 10.8. The highest BCUT2D eigenvalue weighted by molar-refractivity contribution is 7.85. The molecule has 0 aliphatic heterocycles. The lowest BCUT2D eigenvalue weighted by Gasteiger charge is -2.10. The third-order valence-electron chi connectivity index (χ3n) is 4.68. The summed E-state index contributed by atoms with van der Waals surface area (Å²) in [5, 5.41) is 16.7. The van der Waals surface area contributed by atoms with E-state index in [2.05, 4.69) is 20.5 Å². The molecule has 3 rings (SSSR count). The molecule has 184 valence electrons. The Morgan fingerprint density at radius 2 is 1.06 bits per heavy atom. The molecule has 0 saturated carbocycles. The van der Waals surface area contributed by atoms with Crippen molar-refractivity contribution in [1.29, 1.82) is 0 Å². The van der Waals surface area contributed by atoms with Crippen LogP contribution < -0.4 is 24.7 Å². The normalized spacial score (nSPS) is 11.7. The Bertz CT molecular complexity index is 1370. The van der Waals surface area contributed by atoms with Gasteiger partial charge in [-0.3, -0.25) is 4.55 Å². The fraction of sp³-hybridized carbons (Fsp3) is 0.182. The number of benzene rings is 3. The number of ether oxygens (including phenoxy) is 4.